The highest BCUT2D eigenvalue weighted by atomic mass is 79.9. The Morgan fingerprint density at radius 3 is 2.76 bits per heavy atom. The average molecular weight is 355 g/mol. The Hall–Kier alpha value is -0.910. The lowest BCUT2D eigenvalue weighted by Gasteiger charge is -2.35. The summed E-state index contributed by atoms with van der Waals surface area (Å²) < 4.78 is 6.84. The largest absolute Gasteiger partial charge is 0.370 e. The minimum atomic E-state index is -0.418. The number of nitrogens with zero attached hydrogens (tertiary/aromatic N) is 1. The summed E-state index contributed by atoms with van der Waals surface area (Å²) in [6.07, 6.45) is 0.841. The zero-order chi connectivity index (χ0) is 15.4. The van der Waals surface area contributed by atoms with E-state index in [0.29, 0.717) is 19.7 Å². The van der Waals surface area contributed by atoms with E-state index in [0.717, 1.165) is 16.5 Å². The number of benzene rings is 1. The number of hydrogen-bond acceptors (Lipinski definition) is 3. The molecule has 0 aliphatic carbocycles. The first-order chi connectivity index (χ1) is 10.0. The first kappa shape index (κ1) is 16.5. The Morgan fingerprint density at radius 2 is 2.14 bits per heavy atom. The Bertz CT molecular complexity index is 478. The fourth-order valence-electron chi connectivity index (χ4n) is 2.44. The number of rotatable bonds is 4. The van der Waals surface area contributed by atoms with E-state index in [4.69, 9.17) is 10.5 Å². The molecule has 3 atom stereocenters. The molecule has 3 unspecified atom stereocenters. The SMILES string of the molecule is CCC(C)C(N)C(=O)N1CCOC(c2ccc(Br)cc2)C1. The number of morpholine rings is 1. The third-order valence-corrected chi connectivity index (χ3v) is 4.69. The van der Waals surface area contributed by atoms with Gasteiger partial charge in [-0.3, -0.25) is 4.79 Å². The van der Waals surface area contributed by atoms with E-state index >= 15 is 0 Å². The molecule has 1 saturated heterocycles. The summed E-state index contributed by atoms with van der Waals surface area (Å²) in [5, 5.41) is 0. The molecule has 5 heteroatoms. The van der Waals surface area contributed by atoms with Gasteiger partial charge in [0.2, 0.25) is 5.91 Å². The van der Waals surface area contributed by atoms with Gasteiger partial charge in [-0.2, -0.15) is 0 Å². The van der Waals surface area contributed by atoms with Crippen LogP contribution in [0.4, 0.5) is 0 Å². The lowest BCUT2D eigenvalue weighted by Crippen LogP contribution is -2.51. The molecule has 1 aromatic carbocycles. The summed E-state index contributed by atoms with van der Waals surface area (Å²) in [6.45, 7) is 5.83. The number of ether oxygens (including phenoxy) is 1. The Morgan fingerprint density at radius 1 is 1.48 bits per heavy atom. The van der Waals surface area contributed by atoms with Gasteiger partial charge in [-0.05, 0) is 23.6 Å². The number of amides is 1. The summed E-state index contributed by atoms with van der Waals surface area (Å²) in [5.74, 6) is 0.237. The summed E-state index contributed by atoms with van der Waals surface area (Å²) in [7, 11) is 0. The molecule has 4 nitrogen and oxygen atoms in total. The lowest BCUT2D eigenvalue weighted by molar-refractivity contribution is -0.141. The van der Waals surface area contributed by atoms with Crippen LogP contribution in [0, 0.1) is 5.92 Å². The Kier molecular flexibility index (Phi) is 5.79. The van der Waals surface area contributed by atoms with Gasteiger partial charge in [0, 0.05) is 11.0 Å². The average Bonchev–Trinajstić information content (AvgIpc) is 2.53. The van der Waals surface area contributed by atoms with Crippen molar-refractivity contribution in [2.75, 3.05) is 19.7 Å². The summed E-state index contributed by atoms with van der Waals surface area (Å²) in [4.78, 5) is 14.3. The predicted octanol–water partition coefficient (Wildman–Crippen LogP) is 2.72. The maximum atomic E-state index is 12.5. The van der Waals surface area contributed by atoms with Crippen molar-refractivity contribution in [3.05, 3.63) is 34.3 Å². The van der Waals surface area contributed by atoms with E-state index in [2.05, 4.69) is 22.9 Å². The fourth-order valence-corrected chi connectivity index (χ4v) is 2.70. The van der Waals surface area contributed by atoms with E-state index in [1.165, 1.54) is 0 Å². The topological polar surface area (TPSA) is 55.6 Å². The van der Waals surface area contributed by atoms with E-state index < -0.39 is 6.04 Å². The Labute approximate surface area is 134 Å². The molecule has 1 aromatic rings. The number of carbonyl (C=O) groups is 1. The molecule has 2 N–H and O–H groups in total. The molecule has 1 aliphatic rings. The molecule has 0 saturated carbocycles. The van der Waals surface area contributed by atoms with E-state index in [9.17, 15) is 4.79 Å². The zero-order valence-corrected chi connectivity index (χ0v) is 14.2. The molecular formula is C16H23BrN2O2. The lowest BCUT2D eigenvalue weighted by atomic mass is 9.98. The van der Waals surface area contributed by atoms with Gasteiger partial charge in [0.15, 0.2) is 0 Å². The highest BCUT2D eigenvalue weighted by Crippen LogP contribution is 2.24. The van der Waals surface area contributed by atoms with Crippen molar-refractivity contribution in [3.8, 4) is 0 Å². The molecule has 1 fully saturated rings. The van der Waals surface area contributed by atoms with Crippen molar-refractivity contribution >= 4 is 21.8 Å². The van der Waals surface area contributed by atoms with Crippen molar-refractivity contribution in [2.45, 2.75) is 32.4 Å². The van der Waals surface area contributed by atoms with E-state index in [1.807, 2.05) is 36.1 Å². The van der Waals surface area contributed by atoms with Crippen LogP contribution in [0.1, 0.15) is 31.9 Å². The number of nitrogens with two attached hydrogens (primary N) is 1. The molecule has 0 bridgehead atoms. The van der Waals surface area contributed by atoms with Gasteiger partial charge in [0.1, 0.15) is 6.10 Å². The van der Waals surface area contributed by atoms with Gasteiger partial charge >= 0.3 is 0 Å². The fraction of sp³-hybridized carbons (Fsp3) is 0.562. The third-order valence-electron chi connectivity index (χ3n) is 4.16. The van der Waals surface area contributed by atoms with Crippen molar-refractivity contribution in [2.24, 2.45) is 11.7 Å². The maximum Gasteiger partial charge on any atom is 0.239 e. The molecule has 1 amide bonds. The van der Waals surface area contributed by atoms with Crippen LogP contribution in [0.25, 0.3) is 0 Å². The normalized spacial score (nSPS) is 21.9. The number of carbonyl (C=O) groups excluding carboxylic acids is 1. The van der Waals surface area contributed by atoms with Gasteiger partial charge in [0.05, 0.1) is 19.2 Å². The highest BCUT2D eigenvalue weighted by Gasteiger charge is 2.30. The van der Waals surface area contributed by atoms with Crippen LogP contribution in [-0.4, -0.2) is 36.5 Å². The van der Waals surface area contributed by atoms with Gasteiger partial charge in [0.25, 0.3) is 0 Å². The second-order valence-electron chi connectivity index (χ2n) is 5.61. The molecule has 1 aliphatic heterocycles. The van der Waals surface area contributed by atoms with Gasteiger partial charge in [-0.1, -0.05) is 48.3 Å². The minimum Gasteiger partial charge on any atom is -0.370 e. The molecule has 0 aromatic heterocycles. The maximum absolute atomic E-state index is 12.5. The number of halogens is 1. The molecule has 21 heavy (non-hydrogen) atoms. The van der Waals surface area contributed by atoms with Crippen molar-refractivity contribution in [1.82, 2.24) is 4.90 Å². The van der Waals surface area contributed by atoms with Crippen LogP contribution in [-0.2, 0) is 9.53 Å². The molecule has 1 heterocycles. The predicted molar refractivity (Wildman–Crippen MR) is 86.8 cm³/mol. The van der Waals surface area contributed by atoms with Gasteiger partial charge < -0.3 is 15.4 Å². The van der Waals surface area contributed by atoms with Crippen LogP contribution < -0.4 is 5.73 Å². The van der Waals surface area contributed by atoms with Crippen LogP contribution in [0.5, 0.6) is 0 Å². The van der Waals surface area contributed by atoms with Crippen LogP contribution >= 0.6 is 15.9 Å². The first-order valence-electron chi connectivity index (χ1n) is 7.44. The van der Waals surface area contributed by atoms with E-state index in [1.54, 1.807) is 0 Å². The minimum absolute atomic E-state index is 0.0368. The monoisotopic (exact) mass is 354 g/mol. The molecule has 2 rings (SSSR count). The quantitative estimate of drug-likeness (QED) is 0.904. The highest BCUT2D eigenvalue weighted by molar-refractivity contribution is 9.10. The van der Waals surface area contributed by atoms with Crippen LogP contribution in [0.3, 0.4) is 0 Å². The molecule has 0 spiro atoms. The van der Waals surface area contributed by atoms with E-state index in [-0.39, 0.29) is 17.9 Å². The summed E-state index contributed by atoms with van der Waals surface area (Å²) in [6, 6.07) is 7.61. The van der Waals surface area contributed by atoms with Crippen molar-refractivity contribution < 1.29 is 9.53 Å². The first-order valence-corrected chi connectivity index (χ1v) is 8.23. The smallest absolute Gasteiger partial charge is 0.239 e. The number of hydrogen-bond donors (Lipinski definition) is 1. The Balaban J connectivity index is 2.03. The van der Waals surface area contributed by atoms with Crippen molar-refractivity contribution in [3.63, 3.8) is 0 Å². The van der Waals surface area contributed by atoms with Gasteiger partial charge in [-0.25, -0.2) is 0 Å². The van der Waals surface area contributed by atoms with Crippen molar-refractivity contribution in [1.29, 1.82) is 0 Å². The van der Waals surface area contributed by atoms with Crippen LogP contribution in [0.2, 0.25) is 0 Å². The summed E-state index contributed by atoms with van der Waals surface area (Å²) >= 11 is 3.43. The van der Waals surface area contributed by atoms with Crippen LogP contribution in [0.15, 0.2) is 28.7 Å². The third kappa shape index (κ3) is 4.05. The zero-order valence-electron chi connectivity index (χ0n) is 12.6. The molecular weight excluding hydrogens is 332 g/mol. The summed E-state index contributed by atoms with van der Waals surface area (Å²) in [5.41, 5.74) is 7.16. The standard InChI is InChI=1S/C16H23BrN2O2/c1-3-11(2)15(18)16(20)19-8-9-21-14(10-19)12-4-6-13(17)7-5-12/h4-7,11,14-15H,3,8-10,18H2,1-2H3. The second-order valence-corrected chi connectivity index (χ2v) is 6.52. The second kappa shape index (κ2) is 7.38. The molecule has 0 radical (unpaired) electrons. The molecule has 116 valence electrons. The van der Waals surface area contributed by atoms with Gasteiger partial charge in [-0.15, -0.1) is 0 Å².